The van der Waals surface area contributed by atoms with Crippen molar-refractivity contribution in [3.8, 4) is 0 Å². The minimum absolute atomic E-state index is 0.0731. The van der Waals surface area contributed by atoms with E-state index in [1.165, 1.54) is 5.01 Å². The number of benzene rings is 1. The Kier molecular flexibility index (Phi) is 4.55. The largest absolute Gasteiger partial charge is 0.275 e. The minimum atomic E-state index is -1.30. The number of carbonyl (C=O) groups is 1. The lowest BCUT2D eigenvalue weighted by molar-refractivity contribution is -0.119. The first-order valence-electron chi connectivity index (χ1n) is 5.99. The van der Waals surface area contributed by atoms with Gasteiger partial charge in [0.25, 0.3) is 5.91 Å². The van der Waals surface area contributed by atoms with Gasteiger partial charge >= 0.3 is 0 Å². The van der Waals surface area contributed by atoms with Crippen LogP contribution >= 0.6 is 46.4 Å². The van der Waals surface area contributed by atoms with Crippen molar-refractivity contribution < 1.29 is 4.79 Å². The maximum Gasteiger partial charge on any atom is 0.275 e. The van der Waals surface area contributed by atoms with E-state index in [4.69, 9.17) is 46.4 Å². The molecule has 1 aliphatic heterocycles. The van der Waals surface area contributed by atoms with Gasteiger partial charge in [0, 0.05) is 0 Å². The van der Waals surface area contributed by atoms with Gasteiger partial charge in [0.1, 0.15) is 0 Å². The maximum atomic E-state index is 12.5. The van der Waals surface area contributed by atoms with E-state index in [9.17, 15) is 4.79 Å². The molecule has 1 aliphatic rings. The van der Waals surface area contributed by atoms with Crippen molar-refractivity contribution in [3.63, 3.8) is 0 Å². The van der Waals surface area contributed by atoms with Crippen LogP contribution in [-0.2, 0) is 4.79 Å². The lowest BCUT2D eigenvalue weighted by Crippen LogP contribution is -2.41. The number of carbonyl (C=O) groups excluding carboxylic acids is 1. The fraction of sp³-hybridized carbons (Fsp3) is 0.385. The number of alkyl halides is 1. The van der Waals surface area contributed by atoms with Crippen LogP contribution in [0.3, 0.4) is 0 Å². The van der Waals surface area contributed by atoms with Gasteiger partial charge in [-0.3, -0.25) is 4.79 Å². The molecule has 7 heteroatoms. The van der Waals surface area contributed by atoms with E-state index in [1.54, 1.807) is 18.2 Å². The van der Waals surface area contributed by atoms with Gasteiger partial charge in [-0.15, -0.1) is 11.6 Å². The number of anilines is 1. The highest BCUT2D eigenvalue weighted by molar-refractivity contribution is 6.77. The first-order chi connectivity index (χ1) is 9.25. The molecule has 1 aromatic carbocycles. The highest BCUT2D eigenvalue weighted by Gasteiger charge is 2.50. The van der Waals surface area contributed by atoms with E-state index in [2.05, 4.69) is 5.10 Å². The smallest absolute Gasteiger partial charge is 0.270 e. The molecule has 0 fully saturated rings. The second-order valence-electron chi connectivity index (χ2n) is 5.01. The third-order valence-electron chi connectivity index (χ3n) is 2.88. The number of halogens is 4. The SMILES string of the molecule is CC(C)CC1(Cl)C(=O)N(c2ccc(Cl)c(Cl)c2)N=C1Cl. The second kappa shape index (κ2) is 5.72. The van der Waals surface area contributed by atoms with Gasteiger partial charge in [-0.1, -0.05) is 48.7 Å². The van der Waals surface area contributed by atoms with Gasteiger partial charge in [-0.2, -0.15) is 10.1 Å². The van der Waals surface area contributed by atoms with Crippen LogP contribution in [0.1, 0.15) is 20.3 Å². The van der Waals surface area contributed by atoms with Gasteiger partial charge < -0.3 is 0 Å². The zero-order valence-electron chi connectivity index (χ0n) is 10.8. The molecule has 1 amide bonds. The maximum absolute atomic E-state index is 12.5. The van der Waals surface area contributed by atoms with Crippen molar-refractivity contribution in [2.75, 3.05) is 5.01 Å². The molecule has 1 aromatic rings. The fourth-order valence-corrected chi connectivity index (χ4v) is 2.95. The molecule has 0 aliphatic carbocycles. The van der Waals surface area contributed by atoms with Crippen molar-refractivity contribution >= 4 is 63.2 Å². The zero-order chi connectivity index (χ0) is 15.1. The van der Waals surface area contributed by atoms with E-state index in [0.717, 1.165) is 0 Å². The van der Waals surface area contributed by atoms with Gasteiger partial charge in [0.2, 0.25) is 0 Å². The number of hydrogen-bond donors (Lipinski definition) is 0. The van der Waals surface area contributed by atoms with E-state index < -0.39 is 4.87 Å². The molecule has 20 heavy (non-hydrogen) atoms. The zero-order valence-corrected chi connectivity index (χ0v) is 13.9. The van der Waals surface area contributed by atoms with Crippen LogP contribution in [0.15, 0.2) is 23.3 Å². The van der Waals surface area contributed by atoms with E-state index >= 15 is 0 Å². The number of nitrogens with zero attached hydrogens (tertiary/aromatic N) is 2. The van der Waals surface area contributed by atoms with Crippen LogP contribution in [0, 0.1) is 5.92 Å². The Hall–Kier alpha value is -0.480. The van der Waals surface area contributed by atoms with E-state index in [-0.39, 0.29) is 17.0 Å². The average molecular weight is 354 g/mol. The normalized spacial score (nSPS) is 22.6. The van der Waals surface area contributed by atoms with Gasteiger partial charge in [0.05, 0.1) is 15.7 Å². The van der Waals surface area contributed by atoms with Gasteiger partial charge in [-0.05, 0) is 30.5 Å². The molecular weight excluding hydrogens is 342 g/mol. The molecule has 3 nitrogen and oxygen atoms in total. The molecule has 0 saturated heterocycles. The van der Waals surface area contributed by atoms with Crippen LogP contribution in [0.25, 0.3) is 0 Å². The third kappa shape index (κ3) is 2.77. The standard InChI is InChI=1S/C13H12Cl4N2O/c1-7(2)6-13(17)11(16)18-19(12(13)20)8-3-4-9(14)10(15)5-8/h3-5,7H,6H2,1-2H3. The molecule has 1 unspecified atom stereocenters. The van der Waals surface area contributed by atoms with Crippen molar-refractivity contribution in [2.45, 2.75) is 25.1 Å². The molecule has 0 aromatic heterocycles. The molecule has 0 N–H and O–H groups in total. The molecule has 2 rings (SSSR count). The van der Waals surface area contributed by atoms with Crippen LogP contribution in [0.5, 0.6) is 0 Å². The van der Waals surface area contributed by atoms with Crippen LogP contribution in [0.4, 0.5) is 5.69 Å². The molecular formula is C13H12Cl4N2O. The summed E-state index contributed by atoms with van der Waals surface area (Å²) in [5, 5.41) is 6.02. The van der Waals surface area contributed by atoms with Crippen molar-refractivity contribution in [2.24, 2.45) is 11.0 Å². The number of amides is 1. The predicted octanol–water partition coefficient (Wildman–Crippen LogP) is 4.92. The van der Waals surface area contributed by atoms with Crippen molar-refractivity contribution in [1.82, 2.24) is 0 Å². The minimum Gasteiger partial charge on any atom is -0.270 e. The highest BCUT2D eigenvalue weighted by atomic mass is 35.5. The molecule has 0 radical (unpaired) electrons. The summed E-state index contributed by atoms with van der Waals surface area (Å²) in [7, 11) is 0. The quantitative estimate of drug-likeness (QED) is 0.710. The average Bonchev–Trinajstić information content (AvgIpc) is 2.57. The topological polar surface area (TPSA) is 32.7 Å². The number of rotatable bonds is 3. The van der Waals surface area contributed by atoms with Crippen molar-refractivity contribution in [3.05, 3.63) is 28.2 Å². The summed E-state index contributed by atoms with van der Waals surface area (Å²) < 4.78 is 0. The molecule has 0 saturated carbocycles. The lowest BCUT2D eigenvalue weighted by atomic mass is 9.96. The highest BCUT2D eigenvalue weighted by Crippen LogP contribution is 2.38. The number of hydrazone groups is 1. The Bertz CT molecular complexity index is 588. The Labute approximate surface area is 137 Å². The molecule has 0 bridgehead atoms. The summed E-state index contributed by atoms with van der Waals surface area (Å²) in [6.07, 6.45) is 0.410. The van der Waals surface area contributed by atoms with Crippen LogP contribution in [0.2, 0.25) is 10.0 Å². The summed E-state index contributed by atoms with van der Waals surface area (Å²) in [6, 6.07) is 4.78. The Morgan fingerprint density at radius 3 is 2.45 bits per heavy atom. The van der Waals surface area contributed by atoms with Crippen LogP contribution < -0.4 is 5.01 Å². The van der Waals surface area contributed by atoms with Crippen LogP contribution in [-0.4, -0.2) is 16.0 Å². The summed E-state index contributed by atoms with van der Waals surface area (Å²) >= 11 is 24.2. The Morgan fingerprint density at radius 2 is 1.90 bits per heavy atom. The first kappa shape index (κ1) is 15.9. The molecule has 0 spiro atoms. The monoisotopic (exact) mass is 352 g/mol. The molecule has 1 heterocycles. The fourth-order valence-electron chi connectivity index (χ4n) is 1.99. The number of hydrogen-bond acceptors (Lipinski definition) is 2. The van der Waals surface area contributed by atoms with Gasteiger partial charge in [0.15, 0.2) is 10.0 Å². The summed E-state index contributed by atoms with van der Waals surface area (Å²) in [4.78, 5) is 11.2. The Balaban J connectivity index is 2.37. The van der Waals surface area contributed by atoms with Gasteiger partial charge in [-0.25, -0.2) is 0 Å². The predicted molar refractivity (Wildman–Crippen MR) is 85.3 cm³/mol. The summed E-state index contributed by atoms with van der Waals surface area (Å²) in [6.45, 7) is 3.92. The summed E-state index contributed by atoms with van der Waals surface area (Å²) in [5.41, 5.74) is 0.480. The lowest BCUT2D eigenvalue weighted by Gasteiger charge is -2.22. The second-order valence-corrected chi connectivity index (χ2v) is 6.82. The Morgan fingerprint density at radius 1 is 1.25 bits per heavy atom. The summed E-state index contributed by atoms with van der Waals surface area (Å²) in [5.74, 6) is -0.176. The molecule has 1 atom stereocenters. The first-order valence-corrected chi connectivity index (χ1v) is 7.50. The van der Waals surface area contributed by atoms with E-state index in [1.807, 2.05) is 13.8 Å². The molecule has 108 valence electrons. The third-order valence-corrected chi connectivity index (χ3v) is 4.61. The van der Waals surface area contributed by atoms with E-state index in [0.29, 0.717) is 22.2 Å². The van der Waals surface area contributed by atoms with Crippen molar-refractivity contribution in [1.29, 1.82) is 0 Å².